The fourth-order valence-electron chi connectivity index (χ4n) is 2.14. The molecule has 0 radical (unpaired) electrons. The third-order valence-corrected chi connectivity index (χ3v) is 3.28. The molecule has 0 saturated carbocycles. The lowest BCUT2D eigenvalue weighted by Crippen LogP contribution is -2.23. The molecule has 0 aliphatic rings. The van der Waals surface area contributed by atoms with Gasteiger partial charge in [-0.2, -0.15) is 0 Å². The Balaban J connectivity index is 1.93. The van der Waals surface area contributed by atoms with Crippen molar-refractivity contribution in [2.75, 3.05) is 6.61 Å². The maximum Gasteiger partial charge on any atom is 0.122 e. The van der Waals surface area contributed by atoms with E-state index in [0.29, 0.717) is 0 Å². The molecule has 108 valence electrons. The zero-order valence-corrected chi connectivity index (χ0v) is 12.4. The van der Waals surface area contributed by atoms with Crippen molar-refractivity contribution in [2.24, 2.45) is 0 Å². The van der Waals surface area contributed by atoms with Crippen LogP contribution in [0.1, 0.15) is 50.7 Å². The molecule has 2 atom stereocenters. The van der Waals surface area contributed by atoms with Crippen molar-refractivity contribution in [3.8, 4) is 5.75 Å². The van der Waals surface area contributed by atoms with Crippen molar-refractivity contribution in [3.63, 3.8) is 0 Å². The highest BCUT2D eigenvalue weighted by Gasteiger charge is 2.12. The molecule has 1 heterocycles. The monoisotopic (exact) mass is 273 g/mol. The number of nitrogens with zero attached hydrogens (tertiary/aromatic N) is 1. The number of aromatic amines is 1. The molecule has 0 spiro atoms. The van der Waals surface area contributed by atoms with E-state index in [1.807, 2.05) is 18.3 Å². The fourth-order valence-corrected chi connectivity index (χ4v) is 2.14. The number of ether oxygens (including phenoxy) is 1. The first-order chi connectivity index (χ1) is 9.70. The van der Waals surface area contributed by atoms with Gasteiger partial charge in [0.2, 0.25) is 0 Å². The van der Waals surface area contributed by atoms with E-state index in [1.165, 1.54) is 5.56 Å². The molecule has 0 amide bonds. The van der Waals surface area contributed by atoms with E-state index < -0.39 is 0 Å². The van der Waals surface area contributed by atoms with Gasteiger partial charge in [0, 0.05) is 18.4 Å². The third kappa shape index (κ3) is 3.84. The van der Waals surface area contributed by atoms with Gasteiger partial charge < -0.3 is 15.0 Å². The van der Waals surface area contributed by atoms with Gasteiger partial charge in [-0.15, -0.1) is 0 Å². The van der Waals surface area contributed by atoms with Crippen LogP contribution >= 0.6 is 0 Å². The SMILES string of the molecule is CCCOc1ccc(C(C)NC(C)c2ncc[nH]2)cc1. The zero-order valence-electron chi connectivity index (χ0n) is 12.4. The van der Waals surface area contributed by atoms with Gasteiger partial charge in [0.05, 0.1) is 12.6 Å². The molecule has 2 N–H and O–H groups in total. The molecule has 0 saturated heterocycles. The zero-order chi connectivity index (χ0) is 14.4. The summed E-state index contributed by atoms with van der Waals surface area (Å²) in [4.78, 5) is 7.41. The number of nitrogens with one attached hydrogen (secondary N) is 2. The summed E-state index contributed by atoms with van der Waals surface area (Å²) in [6.45, 7) is 7.13. The van der Waals surface area contributed by atoms with Crippen LogP contribution in [0.3, 0.4) is 0 Å². The molecule has 0 aliphatic carbocycles. The lowest BCUT2D eigenvalue weighted by atomic mass is 10.1. The van der Waals surface area contributed by atoms with Crippen LogP contribution in [-0.4, -0.2) is 16.6 Å². The summed E-state index contributed by atoms with van der Waals surface area (Å²) in [6.07, 6.45) is 4.65. The maximum absolute atomic E-state index is 5.59. The molecule has 2 aromatic rings. The number of benzene rings is 1. The maximum atomic E-state index is 5.59. The van der Waals surface area contributed by atoms with E-state index in [4.69, 9.17) is 4.74 Å². The fraction of sp³-hybridized carbons (Fsp3) is 0.438. The van der Waals surface area contributed by atoms with E-state index in [0.717, 1.165) is 24.6 Å². The van der Waals surface area contributed by atoms with Gasteiger partial charge >= 0.3 is 0 Å². The summed E-state index contributed by atoms with van der Waals surface area (Å²) in [6, 6.07) is 8.72. The summed E-state index contributed by atoms with van der Waals surface area (Å²) in [5.74, 6) is 1.89. The first-order valence-corrected chi connectivity index (χ1v) is 7.18. The Hall–Kier alpha value is -1.81. The lowest BCUT2D eigenvalue weighted by molar-refractivity contribution is 0.317. The predicted octanol–water partition coefficient (Wildman–Crippen LogP) is 3.61. The molecule has 2 unspecified atom stereocenters. The van der Waals surface area contributed by atoms with Crippen molar-refractivity contribution in [1.82, 2.24) is 15.3 Å². The van der Waals surface area contributed by atoms with E-state index in [1.54, 1.807) is 6.20 Å². The molecule has 20 heavy (non-hydrogen) atoms. The van der Waals surface area contributed by atoms with E-state index >= 15 is 0 Å². The highest BCUT2D eigenvalue weighted by atomic mass is 16.5. The van der Waals surface area contributed by atoms with Crippen LogP contribution in [0.25, 0.3) is 0 Å². The standard InChI is InChI=1S/C16H23N3O/c1-4-11-20-15-7-5-14(6-8-15)12(2)19-13(3)16-17-9-10-18-16/h5-10,12-13,19H,4,11H2,1-3H3,(H,17,18). The highest BCUT2D eigenvalue weighted by molar-refractivity contribution is 5.29. The topological polar surface area (TPSA) is 49.9 Å². The Morgan fingerprint density at radius 2 is 1.95 bits per heavy atom. The second-order valence-corrected chi connectivity index (χ2v) is 5.00. The number of hydrogen-bond donors (Lipinski definition) is 2. The van der Waals surface area contributed by atoms with Crippen LogP contribution in [0, 0.1) is 0 Å². The van der Waals surface area contributed by atoms with Gasteiger partial charge in [-0.1, -0.05) is 19.1 Å². The molecule has 4 nitrogen and oxygen atoms in total. The number of imidazole rings is 1. The summed E-state index contributed by atoms with van der Waals surface area (Å²) in [5.41, 5.74) is 1.24. The van der Waals surface area contributed by atoms with Crippen LogP contribution in [-0.2, 0) is 0 Å². The van der Waals surface area contributed by atoms with Gasteiger partial charge in [0.15, 0.2) is 0 Å². The minimum Gasteiger partial charge on any atom is -0.494 e. The molecular weight excluding hydrogens is 250 g/mol. The van der Waals surface area contributed by atoms with Gasteiger partial charge in [-0.25, -0.2) is 4.98 Å². The van der Waals surface area contributed by atoms with Gasteiger partial charge in [-0.05, 0) is 38.0 Å². The molecule has 0 aliphatic heterocycles. The second-order valence-electron chi connectivity index (χ2n) is 5.00. The third-order valence-electron chi connectivity index (χ3n) is 3.28. The average Bonchev–Trinajstić information content (AvgIpc) is 3.00. The molecule has 1 aromatic heterocycles. The molecule has 4 heteroatoms. The smallest absolute Gasteiger partial charge is 0.122 e. The Bertz CT molecular complexity index is 493. The van der Waals surface area contributed by atoms with Gasteiger partial charge in [0.1, 0.15) is 11.6 Å². The Kier molecular flexibility index (Phi) is 5.18. The average molecular weight is 273 g/mol. The quantitative estimate of drug-likeness (QED) is 0.810. The van der Waals surface area contributed by atoms with Crippen molar-refractivity contribution in [3.05, 3.63) is 48.0 Å². The summed E-state index contributed by atoms with van der Waals surface area (Å²) < 4.78 is 5.59. The van der Waals surface area contributed by atoms with Crippen LogP contribution in [0.2, 0.25) is 0 Å². The number of aromatic nitrogens is 2. The molecular formula is C16H23N3O. The van der Waals surface area contributed by atoms with Gasteiger partial charge in [0.25, 0.3) is 0 Å². The summed E-state index contributed by atoms with van der Waals surface area (Å²) in [7, 11) is 0. The molecule has 0 bridgehead atoms. The predicted molar refractivity (Wildman–Crippen MR) is 80.8 cm³/mol. The van der Waals surface area contributed by atoms with Crippen molar-refractivity contribution in [2.45, 2.75) is 39.3 Å². The van der Waals surface area contributed by atoms with E-state index in [9.17, 15) is 0 Å². The first kappa shape index (κ1) is 14.6. The Labute approximate surface area is 120 Å². The molecule has 2 rings (SSSR count). The van der Waals surface area contributed by atoms with Crippen molar-refractivity contribution < 1.29 is 4.74 Å². The van der Waals surface area contributed by atoms with Crippen molar-refractivity contribution >= 4 is 0 Å². The van der Waals surface area contributed by atoms with E-state index in [-0.39, 0.29) is 12.1 Å². The van der Waals surface area contributed by atoms with E-state index in [2.05, 4.69) is 48.2 Å². The number of hydrogen-bond acceptors (Lipinski definition) is 3. The van der Waals surface area contributed by atoms with Gasteiger partial charge in [-0.3, -0.25) is 0 Å². The highest BCUT2D eigenvalue weighted by Crippen LogP contribution is 2.20. The number of H-pyrrole nitrogens is 1. The molecule has 1 aromatic carbocycles. The molecule has 0 fully saturated rings. The van der Waals surface area contributed by atoms with Crippen LogP contribution < -0.4 is 10.1 Å². The Morgan fingerprint density at radius 3 is 2.55 bits per heavy atom. The number of rotatable bonds is 7. The van der Waals surface area contributed by atoms with Crippen LogP contribution in [0.5, 0.6) is 5.75 Å². The normalized spacial score (nSPS) is 13.9. The minimum absolute atomic E-state index is 0.191. The summed E-state index contributed by atoms with van der Waals surface area (Å²) >= 11 is 0. The van der Waals surface area contributed by atoms with Crippen molar-refractivity contribution in [1.29, 1.82) is 0 Å². The minimum atomic E-state index is 0.191. The second kappa shape index (κ2) is 7.10. The first-order valence-electron chi connectivity index (χ1n) is 7.18. The van der Waals surface area contributed by atoms with Crippen LogP contribution in [0.4, 0.5) is 0 Å². The lowest BCUT2D eigenvalue weighted by Gasteiger charge is -2.19. The summed E-state index contributed by atoms with van der Waals surface area (Å²) in [5, 5.41) is 3.53. The largest absolute Gasteiger partial charge is 0.494 e. The Morgan fingerprint density at radius 1 is 1.20 bits per heavy atom. The van der Waals surface area contributed by atoms with Crippen LogP contribution in [0.15, 0.2) is 36.7 Å².